The van der Waals surface area contributed by atoms with E-state index < -0.39 is 93.2 Å². The molecule has 0 bridgehead atoms. The summed E-state index contributed by atoms with van der Waals surface area (Å²) in [4.78, 5) is 106. The minimum absolute atomic E-state index is 0.0317. The lowest BCUT2D eigenvalue weighted by Gasteiger charge is -2.29. The van der Waals surface area contributed by atoms with Gasteiger partial charge in [0.15, 0.2) is 11.9 Å². The van der Waals surface area contributed by atoms with Gasteiger partial charge in [0.25, 0.3) is 10.1 Å². The number of esters is 2. The minimum atomic E-state index is -4.14. The van der Waals surface area contributed by atoms with Crippen molar-refractivity contribution in [2.75, 3.05) is 85.4 Å². The van der Waals surface area contributed by atoms with E-state index in [-0.39, 0.29) is 126 Å². The average Bonchev–Trinajstić information content (AvgIpc) is 2.09. The highest BCUT2D eigenvalue weighted by atomic mass is 35.5. The maximum absolute atomic E-state index is 14.0. The van der Waals surface area contributed by atoms with E-state index in [2.05, 4.69) is 21.3 Å². The van der Waals surface area contributed by atoms with Crippen LogP contribution in [-0.2, 0) is 94.5 Å². The molecular formula is C64H96ClN5O19S. The number of benzene rings is 2. The number of cyclic esters (lactones) is 2. The lowest BCUT2D eigenvalue weighted by molar-refractivity contribution is -0.179. The fourth-order valence-electron chi connectivity index (χ4n) is 9.63. The van der Waals surface area contributed by atoms with Gasteiger partial charge < -0.3 is 64.9 Å². The van der Waals surface area contributed by atoms with Gasteiger partial charge in [-0.25, -0.2) is 4.79 Å². The van der Waals surface area contributed by atoms with Crippen molar-refractivity contribution < 1.29 is 89.2 Å². The number of halogens is 1. The highest BCUT2D eigenvalue weighted by Crippen LogP contribution is 2.45. The van der Waals surface area contributed by atoms with Crippen LogP contribution in [0, 0.1) is 29.1 Å². The number of carbonyl (C=O) groups excluding carboxylic acids is 8. The molecule has 1 fully saturated rings. The molecule has 1 saturated heterocycles. The fraction of sp³-hybridized carbons (Fsp3) is 0.656. The normalized spacial score (nSPS) is 20.4. The number of nitrogens with two attached hydrogens (primary N) is 1. The monoisotopic (exact) mass is 1310 g/mol. The van der Waals surface area contributed by atoms with E-state index in [0.29, 0.717) is 68.4 Å². The van der Waals surface area contributed by atoms with Crippen molar-refractivity contribution in [3.05, 3.63) is 76.3 Å². The molecule has 90 heavy (non-hydrogen) atoms. The highest BCUT2D eigenvalue weighted by Gasteiger charge is 2.48. The number of methoxy groups -OCH3 is 1. The zero-order valence-corrected chi connectivity index (χ0v) is 55.0. The molecule has 4 amide bonds. The summed E-state index contributed by atoms with van der Waals surface area (Å²) in [5.74, 6) is -4.57. The Labute approximate surface area is 534 Å². The van der Waals surface area contributed by atoms with Crippen LogP contribution in [-0.4, -0.2) is 176 Å². The first kappa shape index (κ1) is 76.6. The maximum atomic E-state index is 14.0. The summed E-state index contributed by atoms with van der Waals surface area (Å²) in [5, 5.41) is 11.1. The third kappa shape index (κ3) is 29.2. The topological polar surface area (TPSA) is 342 Å². The van der Waals surface area contributed by atoms with E-state index >= 15 is 0 Å². The van der Waals surface area contributed by atoms with Gasteiger partial charge in [-0.05, 0) is 86.3 Å². The highest BCUT2D eigenvalue weighted by molar-refractivity contribution is 7.85. The van der Waals surface area contributed by atoms with Gasteiger partial charge >= 0.3 is 11.9 Å². The Kier molecular flexibility index (Phi) is 33.6. The summed E-state index contributed by atoms with van der Waals surface area (Å²) < 4.78 is 75.4. The van der Waals surface area contributed by atoms with Crippen LogP contribution < -0.4 is 31.7 Å². The smallest absolute Gasteiger partial charge is 0.347 e. The Balaban J connectivity index is 1.25. The number of Topliss-reactive ketones (excluding diaryl/α,β-unsaturated/α-hetero) is 2. The number of hydrogen-bond donors (Lipinski definition) is 6. The number of ketones is 2. The third-order valence-electron chi connectivity index (χ3n) is 15.3. The van der Waals surface area contributed by atoms with E-state index in [1.54, 1.807) is 38.1 Å². The van der Waals surface area contributed by atoms with Crippen molar-refractivity contribution in [3.8, 4) is 5.75 Å². The quantitative estimate of drug-likeness (QED) is 0.0213. The standard InChI is InChI=1S/C64H96ClN5O19S/c1-41(2)36-54-62(77)87-52(13-11-14-57(75)70-49(38-45-18-22-53(82-8)48(65)37-45)61(76)69-40-64(6,7)63(78)88-54)43(5)59-60(89-59)46-19-15-44(16-20-46)17-21-50(71)47(39-51(72)58(66)42(3)4)12-9-10-25-67-55(73)23-27-83-29-31-85-33-34-86-32-30-84-28-24-56(74)68-26-35-90(79,80)81/h11,14-16,18-20,22,37,41-43,47,49,52,54,58-60H,9-10,12-13,17,21,23-36,38-40,66H2,1-8H3,(H,67,73)(H,68,74)(H,69,76)(H,70,75)(H,79,80,81)/b14-11+/t43-,47+,49+,52-,54-,58-,59+,60+/m0/s1. The summed E-state index contributed by atoms with van der Waals surface area (Å²) in [5.41, 5.74) is 7.37. The number of amides is 4. The second-order valence-corrected chi connectivity index (χ2v) is 26.1. The molecule has 8 atom stereocenters. The molecule has 2 aromatic carbocycles. The van der Waals surface area contributed by atoms with E-state index in [1.165, 1.54) is 13.2 Å². The van der Waals surface area contributed by atoms with Crippen molar-refractivity contribution in [1.29, 1.82) is 0 Å². The van der Waals surface area contributed by atoms with E-state index in [1.807, 2.05) is 58.9 Å². The number of nitrogens with one attached hydrogen (secondary N) is 4. The second kappa shape index (κ2) is 39.5. The number of carbonyl (C=O) groups is 8. The molecule has 24 nitrogen and oxygen atoms in total. The Morgan fingerprint density at radius 1 is 0.800 bits per heavy atom. The Hall–Kier alpha value is -5.90. The van der Waals surface area contributed by atoms with E-state index in [0.717, 1.165) is 11.1 Å². The van der Waals surface area contributed by atoms with Crippen LogP contribution in [0.25, 0.3) is 0 Å². The first-order valence-corrected chi connectivity index (χ1v) is 33.0. The number of aryl methyl sites for hydroxylation is 1. The zero-order chi connectivity index (χ0) is 66.4. The van der Waals surface area contributed by atoms with Crippen LogP contribution >= 0.6 is 11.6 Å². The van der Waals surface area contributed by atoms with Crippen molar-refractivity contribution in [2.45, 2.75) is 156 Å². The number of unbranched alkanes of at least 4 members (excludes halogenated alkanes) is 1. The van der Waals surface area contributed by atoms with Crippen LogP contribution in [0.1, 0.15) is 129 Å². The van der Waals surface area contributed by atoms with Crippen molar-refractivity contribution >= 4 is 68.9 Å². The molecule has 0 aliphatic carbocycles. The molecule has 504 valence electrons. The molecule has 4 rings (SSSR count). The summed E-state index contributed by atoms with van der Waals surface area (Å²) in [7, 11) is -2.65. The maximum Gasteiger partial charge on any atom is 0.347 e. The molecule has 2 aliphatic heterocycles. The van der Waals surface area contributed by atoms with Gasteiger partial charge in [0.2, 0.25) is 23.6 Å². The first-order chi connectivity index (χ1) is 42.7. The molecule has 0 radical (unpaired) electrons. The van der Waals surface area contributed by atoms with Gasteiger partial charge in [0, 0.05) is 70.0 Å². The first-order valence-electron chi connectivity index (χ1n) is 31.0. The van der Waals surface area contributed by atoms with Gasteiger partial charge in [-0.1, -0.05) is 89.0 Å². The minimum Gasteiger partial charge on any atom is -0.495 e. The number of hydrogen-bond acceptors (Lipinski definition) is 19. The van der Waals surface area contributed by atoms with Crippen molar-refractivity contribution in [1.82, 2.24) is 21.3 Å². The van der Waals surface area contributed by atoms with Gasteiger partial charge in [-0.2, -0.15) is 8.42 Å². The summed E-state index contributed by atoms with van der Waals surface area (Å²) >= 11 is 6.39. The van der Waals surface area contributed by atoms with E-state index in [9.17, 15) is 46.8 Å². The van der Waals surface area contributed by atoms with Gasteiger partial charge in [-0.15, -0.1) is 0 Å². The number of rotatable bonds is 39. The molecule has 2 heterocycles. The molecule has 0 aromatic heterocycles. The Morgan fingerprint density at radius 2 is 1.40 bits per heavy atom. The second-order valence-electron chi connectivity index (χ2n) is 24.1. The predicted octanol–water partition coefficient (Wildman–Crippen LogP) is 5.32. The Morgan fingerprint density at radius 3 is 1.98 bits per heavy atom. The molecule has 0 unspecified atom stereocenters. The molecule has 0 spiro atoms. The summed E-state index contributed by atoms with van der Waals surface area (Å²) in [6.45, 7) is 14.7. The molecule has 26 heteroatoms. The van der Waals surface area contributed by atoms with Crippen LogP contribution in [0.15, 0.2) is 54.6 Å². The van der Waals surface area contributed by atoms with Gasteiger partial charge in [0.1, 0.15) is 29.8 Å². The molecule has 7 N–H and O–H groups in total. The molecule has 0 saturated carbocycles. The van der Waals surface area contributed by atoms with Crippen LogP contribution in [0.5, 0.6) is 5.75 Å². The fourth-order valence-corrected chi connectivity index (χ4v) is 10.3. The predicted molar refractivity (Wildman–Crippen MR) is 335 cm³/mol. The van der Waals surface area contributed by atoms with Crippen LogP contribution in [0.2, 0.25) is 5.02 Å². The largest absolute Gasteiger partial charge is 0.495 e. The third-order valence-corrected chi connectivity index (χ3v) is 16.3. The van der Waals surface area contributed by atoms with Crippen LogP contribution in [0.4, 0.5) is 0 Å². The van der Waals surface area contributed by atoms with Crippen molar-refractivity contribution in [3.63, 3.8) is 0 Å². The average molecular weight is 1310 g/mol. The SMILES string of the molecule is COc1ccc(C[C@H]2NC(=O)/C=C/C[C@@H]([C@H](C)[C@H]3O[C@@H]3c3ccc(CCC(=O)[C@H](CCCCNC(=O)CCOCCOCCOCCOCCC(=O)NCCS(=O)(=O)O)CC(=O)[C@@H](N)C(C)C)cc3)OC(=O)[C@H](CC(C)C)OC(=O)C(C)(C)CNC2=O)cc1Cl. The summed E-state index contributed by atoms with van der Waals surface area (Å²) in [6.07, 6.45) is 2.88. The lowest BCUT2D eigenvalue weighted by atomic mass is 9.86. The number of epoxide rings is 1. The zero-order valence-electron chi connectivity index (χ0n) is 53.4. The lowest BCUT2D eigenvalue weighted by Crippen LogP contribution is -2.51. The molecular weight excluding hydrogens is 1210 g/mol. The summed E-state index contributed by atoms with van der Waals surface area (Å²) in [6, 6.07) is 11.0. The van der Waals surface area contributed by atoms with E-state index in [4.69, 9.17) is 59.8 Å². The van der Waals surface area contributed by atoms with Crippen LogP contribution in [0.3, 0.4) is 0 Å². The van der Waals surface area contributed by atoms with Crippen molar-refractivity contribution in [2.24, 2.45) is 34.8 Å². The number of ether oxygens (including phenoxy) is 8. The van der Waals surface area contributed by atoms with Gasteiger partial charge in [0.05, 0.1) is 88.3 Å². The molecule has 2 aliphatic rings. The Bertz CT molecular complexity index is 2780. The molecule has 2 aromatic rings. The van der Waals surface area contributed by atoms with Gasteiger partial charge in [-0.3, -0.25) is 38.1 Å².